The number of likely N-dealkylation sites (N-methyl/N-ethyl adjacent to an activating group) is 1. The van der Waals surface area contributed by atoms with Crippen LogP contribution in [0, 0.1) is 0 Å². The van der Waals surface area contributed by atoms with Gasteiger partial charge in [0.2, 0.25) is 0 Å². The number of nitrogens with zero attached hydrogens (tertiary/aromatic N) is 3. The zero-order chi connectivity index (χ0) is 23.7. The Labute approximate surface area is 202 Å². The number of fused-ring (bicyclic) bond motifs is 1. The van der Waals surface area contributed by atoms with Crippen molar-refractivity contribution in [3.8, 4) is 0 Å². The van der Waals surface area contributed by atoms with Gasteiger partial charge in [0.1, 0.15) is 0 Å². The molecule has 2 aliphatic heterocycles. The molecular formula is C25H27ClN4O4. The van der Waals surface area contributed by atoms with Gasteiger partial charge in [0.05, 0.1) is 24.3 Å². The summed E-state index contributed by atoms with van der Waals surface area (Å²) in [5.41, 5.74) is 2.52. The van der Waals surface area contributed by atoms with Crippen LogP contribution in [0.5, 0.6) is 0 Å². The number of anilines is 3. The van der Waals surface area contributed by atoms with E-state index in [9.17, 15) is 9.59 Å². The number of nitrogens with one attached hydrogen (secondary N) is 1. The van der Waals surface area contributed by atoms with Gasteiger partial charge in [-0.3, -0.25) is 9.59 Å². The molecule has 34 heavy (non-hydrogen) atoms. The summed E-state index contributed by atoms with van der Waals surface area (Å²) < 4.78 is 11.4. The Kier molecular flexibility index (Phi) is 6.45. The molecule has 0 aliphatic carbocycles. The molecular weight excluding hydrogens is 456 g/mol. The van der Waals surface area contributed by atoms with Crippen LogP contribution < -0.4 is 20.5 Å². The van der Waals surface area contributed by atoms with E-state index < -0.39 is 5.91 Å². The number of carbonyl (C=O) groups excluding carboxylic acids is 1. The number of rotatable bonds is 4. The number of hydrogen-bond donors (Lipinski definition) is 1. The molecule has 3 heterocycles. The highest BCUT2D eigenvalue weighted by Crippen LogP contribution is 2.31. The number of carbonyl (C=O) groups is 1. The van der Waals surface area contributed by atoms with Crippen molar-refractivity contribution in [2.24, 2.45) is 0 Å². The average molecular weight is 483 g/mol. The molecule has 2 aliphatic rings. The van der Waals surface area contributed by atoms with Crippen LogP contribution in [0.25, 0.3) is 11.0 Å². The van der Waals surface area contributed by atoms with Crippen LogP contribution in [-0.4, -0.2) is 70.3 Å². The van der Waals surface area contributed by atoms with E-state index in [0.29, 0.717) is 34.9 Å². The lowest BCUT2D eigenvalue weighted by Gasteiger charge is -2.34. The van der Waals surface area contributed by atoms with Crippen molar-refractivity contribution in [3.05, 3.63) is 63.5 Å². The fourth-order valence-electron chi connectivity index (χ4n) is 4.37. The Morgan fingerprint density at radius 1 is 0.941 bits per heavy atom. The van der Waals surface area contributed by atoms with E-state index in [-0.39, 0.29) is 11.2 Å². The van der Waals surface area contributed by atoms with E-state index in [1.165, 1.54) is 6.07 Å². The van der Waals surface area contributed by atoms with Crippen LogP contribution in [0.2, 0.25) is 5.02 Å². The van der Waals surface area contributed by atoms with Crippen LogP contribution in [-0.2, 0) is 4.74 Å². The molecule has 5 rings (SSSR count). The van der Waals surface area contributed by atoms with Gasteiger partial charge in [-0.05, 0) is 43.4 Å². The number of piperazine rings is 1. The topological polar surface area (TPSA) is 78.3 Å². The van der Waals surface area contributed by atoms with E-state index >= 15 is 0 Å². The van der Waals surface area contributed by atoms with Gasteiger partial charge in [0.25, 0.3) is 5.91 Å². The zero-order valence-electron chi connectivity index (χ0n) is 19.1. The summed E-state index contributed by atoms with van der Waals surface area (Å²) >= 11 is 6.31. The van der Waals surface area contributed by atoms with E-state index in [1.54, 1.807) is 12.1 Å². The van der Waals surface area contributed by atoms with Crippen molar-refractivity contribution in [3.63, 3.8) is 0 Å². The minimum absolute atomic E-state index is 0.0348. The molecule has 2 saturated heterocycles. The van der Waals surface area contributed by atoms with Crippen molar-refractivity contribution in [2.45, 2.75) is 0 Å². The minimum atomic E-state index is -0.475. The molecule has 0 unspecified atom stereocenters. The third-order valence-electron chi connectivity index (χ3n) is 6.34. The predicted octanol–water partition coefficient (Wildman–Crippen LogP) is 3.29. The molecule has 1 amide bonds. The van der Waals surface area contributed by atoms with Gasteiger partial charge in [-0.1, -0.05) is 11.6 Å². The zero-order valence-corrected chi connectivity index (χ0v) is 19.8. The van der Waals surface area contributed by atoms with E-state index in [1.807, 2.05) is 24.3 Å². The van der Waals surface area contributed by atoms with Gasteiger partial charge < -0.3 is 29.2 Å². The highest BCUT2D eigenvalue weighted by atomic mass is 35.5. The number of hydrogen-bond acceptors (Lipinski definition) is 7. The van der Waals surface area contributed by atoms with Gasteiger partial charge in [-0.25, -0.2) is 0 Å². The van der Waals surface area contributed by atoms with Crippen molar-refractivity contribution in [2.75, 3.05) is 74.6 Å². The second-order valence-electron chi connectivity index (χ2n) is 8.67. The summed E-state index contributed by atoms with van der Waals surface area (Å²) in [5, 5.41) is 3.67. The quantitative estimate of drug-likeness (QED) is 0.611. The molecule has 8 nitrogen and oxygen atoms in total. The van der Waals surface area contributed by atoms with E-state index in [0.717, 1.165) is 50.6 Å². The number of halogens is 1. The Hall–Kier alpha value is -3.07. The van der Waals surface area contributed by atoms with Crippen LogP contribution in [0.3, 0.4) is 0 Å². The number of benzene rings is 2. The first-order valence-electron chi connectivity index (χ1n) is 11.4. The van der Waals surface area contributed by atoms with Gasteiger partial charge in [0.15, 0.2) is 16.8 Å². The summed E-state index contributed by atoms with van der Waals surface area (Å²) in [6.45, 7) is 6.43. The average Bonchev–Trinajstić information content (AvgIpc) is 2.85. The molecule has 1 aromatic heterocycles. The first-order valence-corrected chi connectivity index (χ1v) is 11.8. The highest BCUT2D eigenvalue weighted by Gasteiger charge is 2.21. The molecule has 0 saturated carbocycles. The predicted molar refractivity (Wildman–Crippen MR) is 135 cm³/mol. The Balaban J connectivity index is 1.41. The van der Waals surface area contributed by atoms with E-state index in [4.69, 9.17) is 20.8 Å². The lowest BCUT2D eigenvalue weighted by Crippen LogP contribution is -2.44. The molecule has 0 spiro atoms. The van der Waals surface area contributed by atoms with Crippen molar-refractivity contribution in [1.82, 2.24) is 4.90 Å². The molecule has 0 radical (unpaired) electrons. The smallest absolute Gasteiger partial charge is 0.291 e. The first-order chi connectivity index (χ1) is 16.5. The molecule has 178 valence electrons. The van der Waals surface area contributed by atoms with E-state index in [2.05, 4.69) is 27.1 Å². The van der Waals surface area contributed by atoms with Gasteiger partial charge >= 0.3 is 0 Å². The normalized spacial score (nSPS) is 17.2. The van der Waals surface area contributed by atoms with Crippen LogP contribution in [0.1, 0.15) is 10.6 Å². The number of morpholine rings is 1. The molecule has 0 atom stereocenters. The Bertz CT molecular complexity index is 1250. The minimum Gasteiger partial charge on any atom is -0.448 e. The fraction of sp³-hybridized carbons (Fsp3) is 0.360. The summed E-state index contributed by atoms with van der Waals surface area (Å²) in [7, 11) is 2.07. The fourth-order valence-corrected chi connectivity index (χ4v) is 4.58. The second-order valence-corrected chi connectivity index (χ2v) is 9.10. The maximum Gasteiger partial charge on any atom is 0.291 e. The Morgan fingerprint density at radius 2 is 1.65 bits per heavy atom. The van der Waals surface area contributed by atoms with Crippen molar-refractivity contribution >= 4 is 45.5 Å². The molecule has 2 fully saturated rings. The molecule has 9 heteroatoms. The molecule has 2 aromatic carbocycles. The SMILES string of the molecule is CN1CCN(c2cc(Cl)cc3c(=O)cc(C(=O)Nc4ccc(N5CCOCC5)cc4)oc23)CC1. The molecule has 3 aromatic rings. The van der Waals surface area contributed by atoms with Crippen molar-refractivity contribution in [1.29, 1.82) is 0 Å². The largest absolute Gasteiger partial charge is 0.448 e. The first kappa shape index (κ1) is 22.7. The standard InChI is InChI=1S/C25H27ClN4O4/c1-28-6-8-30(9-7-28)21-15-17(26)14-20-22(31)16-23(34-24(20)21)25(32)27-18-2-4-19(5-3-18)29-10-12-33-13-11-29/h2-5,14-16H,6-13H2,1H3,(H,27,32). The number of ether oxygens (including phenoxy) is 1. The lowest BCUT2D eigenvalue weighted by molar-refractivity contribution is 0.0997. The monoisotopic (exact) mass is 482 g/mol. The van der Waals surface area contributed by atoms with Gasteiger partial charge in [0, 0.05) is 61.7 Å². The summed E-state index contributed by atoms with van der Waals surface area (Å²) in [6.07, 6.45) is 0. The maximum atomic E-state index is 13.0. The highest BCUT2D eigenvalue weighted by molar-refractivity contribution is 6.31. The summed E-state index contributed by atoms with van der Waals surface area (Å²) in [6, 6.07) is 12.2. The third kappa shape index (κ3) is 4.75. The maximum absolute atomic E-state index is 13.0. The van der Waals surface area contributed by atoms with Crippen LogP contribution in [0.15, 0.2) is 51.7 Å². The second kappa shape index (κ2) is 9.66. The summed E-state index contributed by atoms with van der Waals surface area (Å²) in [4.78, 5) is 32.5. The van der Waals surface area contributed by atoms with Crippen LogP contribution >= 0.6 is 11.6 Å². The lowest BCUT2D eigenvalue weighted by atomic mass is 10.1. The molecule has 0 bridgehead atoms. The third-order valence-corrected chi connectivity index (χ3v) is 6.56. The Morgan fingerprint density at radius 3 is 2.35 bits per heavy atom. The number of amides is 1. The van der Waals surface area contributed by atoms with Gasteiger partial charge in [-0.15, -0.1) is 0 Å². The van der Waals surface area contributed by atoms with Crippen LogP contribution in [0.4, 0.5) is 17.1 Å². The van der Waals surface area contributed by atoms with Crippen molar-refractivity contribution < 1.29 is 13.9 Å². The summed E-state index contributed by atoms with van der Waals surface area (Å²) in [5.74, 6) is -0.509. The molecule has 1 N–H and O–H groups in total. The van der Waals surface area contributed by atoms with Gasteiger partial charge in [-0.2, -0.15) is 0 Å².